The van der Waals surface area contributed by atoms with Crippen LogP contribution in [0.4, 0.5) is 5.69 Å². The van der Waals surface area contributed by atoms with Gasteiger partial charge in [0.1, 0.15) is 6.04 Å². The predicted molar refractivity (Wildman–Crippen MR) is 99.2 cm³/mol. The maximum absolute atomic E-state index is 12.8. The molecule has 0 bridgehead atoms. The number of fused-ring (bicyclic) bond motifs is 1. The molecule has 0 aromatic heterocycles. The molecule has 0 spiro atoms. The van der Waals surface area contributed by atoms with Crippen LogP contribution in [0.3, 0.4) is 0 Å². The molecule has 2 aliphatic rings. The van der Waals surface area contributed by atoms with Gasteiger partial charge >= 0.3 is 0 Å². The zero-order valence-corrected chi connectivity index (χ0v) is 15.9. The number of imide groups is 2. The van der Waals surface area contributed by atoms with Crippen LogP contribution in [0.25, 0.3) is 0 Å². The van der Waals surface area contributed by atoms with Crippen molar-refractivity contribution in [2.45, 2.75) is 18.9 Å². The predicted octanol–water partition coefficient (Wildman–Crippen LogP) is 1.51. The molecular formula is C15H14IN3O5S. The molecule has 3 rings (SSSR count). The summed E-state index contributed by atoms with van der Waals surface area (Å²) in [7, 11) is 1.21. The minimum atomic E-state index is -0.961. The molecule has 25 heavy (non-hydrogen) atoms. The molecule has 2 N–H and O–H groups in total. The highest BCUT2D eigenvalue weighted by Crippen LogP contribution is 2.32. The molecule has 1 fully saturated rings. The summed E-state index contributed by atoms with van der Waals surface area (Å²) in [5, 5.41) is 5.25. The zero-order valence-electron chi connectivity index (χ0n) is 12.9. The Morgan fingerprint density at radius 3 is 2.80 bits per heavy atom. The first-order valence-corrected chi connectivity index (χ1v) is 10.8. The third kappa shape index (κ3) is 3.51. The van der Waals surface area contributed by atoms with E-state index in [4.69, 9.17) is 4.18 Å². The topological polar surface area (TPSA) is 105 Å². The lowest BCUT2D eigenvalue weighted by molar-refractivity contribution is -0.136. The van der Waals surface area contributed by atoms with Crippen molar-refractivity contribution in [2.24, 2.45) is 0 Å². The van der Waals surface area contributed by atoms with Crippen LogP contribution in [-0.2, 0) is 13.8 Å². The first-order valence-electron chi connectivity index (χ1n) is 7.53. The number of carbonyl (C=O) groups excluding carboxylic acids is 4. The number of nitrogens with one attached hydrogen (secondary N) is 2. The maximum Gasteiger partial charge on any atom is 0.264 e. The normalized spacial score (nSPS) is 19.9. The molecule has 1 aromatic rings. The Hall–Kier alpha value is -1.66. The molecule has 1 atom stereocenters. The van der Waals surface area contributed by atoms with E-state index in [1.54, 1.807) is 18.2 Å². The number of halogens is 1. The highest BCUT2D eigenvalue weighted by Gasteiger charge is 2.45. The van der Waals surface area contributed by atoms with E-state index in [9.17, 15) is 19.2 Å². The second kappa shape index (κ2) is 7.70. The Kier molecular flexibility index (Phi) is 5.59. The van der Waals surface area contributed by atoms with Crippen LogP contribution >= 0.6 is 30.4 Å². The van der Waals surface area contributed by atoms with E-state index in [0.29, 0.717) is 18.8 Å². The first-order chi connectivity index (χ1) is 12.0. The number of rotatable bonds is 6. The van der Waals surface area contributed by atoms with E-state index in [0.717, 1.165) is 4.90 Å². The number of nitrogens with zero attached hydrogens (tertiary/aromatic N) is 1. The summed E-state index contributed by atoms with van der Waals surface area (Å²) in [6, 6.07) is 3.98. The Labute approximate surface area is 159 Å². The number of anilines is 1. The van der Waals surface area contributed by atoms with Gasteiger partial charge in [0.05, 0.1) is 26.9 Å². The molecule has 132 valence electrons. The van der Waals surface area contributed by atoms with Crippen LogP contribution in [0.1, 0.15) is 33.6 Å². The average Bonchev–Trinajstić information content (AvgIpc) is 2.84. The number of piperidine rings is 1. The molecule has 1 aromatic carbocycles. The van der Waals surface area contributed by atoms with Crippen LogP contribution in [0.2, 0.25) is 0 Å². The van der Waals surface area contributed by atoms with Crippen molar-refractivity contribution < 1.29 is 23.4 Å². The van der Waals surface area contributed by atoms with Gasteiger partial charge in [0.15, 0.2) is 0 Å². The van der Waals surface area contributed by atoms with Gasteiger partial charge in [0.2, 0.25) is 11.8 Å². The van der Waals surface area contributed by atoms with Crippen molar-refractivity contribution >= 4 is 59.7 Å². The van der Waals surface area contributed by atoms with Gasteiger partial charge in [0.25, 0.3) is 11.8 Å². The molecular weight excluding hydrogens is 461 g/mol. The molecule has 0 aliphatic carbocycles. The Balaban J connectivity index is 1.84. The minimum Gasteiger partial charge on any atom is -0.382 e. The summed E-state index contributed by atoms with van der Waals surface area (Å²) >= 11 is 2.01. The molecule has 1 saturated heterocycles. The van der Waals surface area contributed by atoms with E-state index in [1.165, 1.54) is 9.21 Å². The summed E-state index contributed by atoms with van der Waals surface area (Å²) in [5.74, 6) is -2.06. The maximum atomic E-state index is 12.8. The second-order valence-corrected chi connectivity index (χ2v) is 6.93. The van der Waals surface area contributed by atoms with Gasteiger partial charge in [-0.15, -0.1) is 0 Å². The van der Waals surface area contributed by atoms with Gasteiger partial charge in [-0.25, -0.2) is 0 Å². The number of carbonyl (C=O) groups is 4. The van der Waals surface area contributed by atoms with Crippen molar-refractivity contribution in [1.82, 2.24) is 10.2 Å². The van der Waals surface area contributed by atoms with Crippen LogP contribution < -0.4 is 10.6 Å². The molecule has 2 aliphatic heterocycles. The largest absolute Gasteiger partial charge is 0.382 e. The van der Waals surface area contributed by atoms with Crippen molar-refractivity contribution in [3.05, 3.63) is 29.3 Å². The summed E-state index contributed by atoms with van der Waals surface area (Å²) in [4.78, 5) is 49.8. The number of hydrogen-bond acceptors (Lipinski definition) is 7. The molecule has 1 unspecified atom stereocenters. The third-order valence-electron chi connectivity index (χ3n) is 4.01. The molecule has 8 nitrogen and oxygen atoms in total. The number of hydrogen-bond donors (Lipinski definition) is 2. The Bertz CT molecular complexity index is 757. The van der Waals surface area contributed by atoms with Crippen LogP contribution in [0.5, 0.6) is 0 Å². The van der Waals surface area contributed by atoms with Crippen molar-refractivity contribution in [3.63, 3.8) is 0 Å². The minimum absolute atomic E-state index is 0.0974. The molecule has 0 radical (unpaired) electrons. The van der Waals surface area contributed by atoms with Crippen LogP contribution in [-0.4, -0.2) is 47.7 Å². The first kappa shape index (κ1) is 18.1. The third-order valence-corrected chi connectivity index (χ3v) is 5.03. The zero-order chi connectivity index (χ0) is 18.0. The highest BCUT2D eigenvalue weighted by atomic mass is 127. The number of amides is 4. The van der Waals surface area contributed by atoms with Gasteiger partial charge in [-0.3, -0.25) is 29.4 Å². The van der Waals surface area contributed by atoms with Crippen LogP contribution in [0, 0.1) is 0 Å². The highest BCUT2D eigenvalue weighted by molar-refractivity contribution is 14.2. The van der Waals surface area contributed by atoms with E-state index in [1.807, 2.05) is 21.2 Å². The Morgan fingerprint density at radius 2 is 2.08 bits per heavy atom. The second-order valence-electron chi connectivity index (χ2n) is 5.49. The van der Waals surface area contributed by atoms with Crippen LogP contribution in [0.15, 0.2) is 18.2 Å². The summed E-state index contributed by atoms with van der Waals surface area (Å²) < 4.78 is 5.16. The van der Waals surface area contributed by atoms with E-state index >= 15 is 0 Å². The van der Waals surface area contributed by atoms with E-state index in [2.05, 4.69) is 10.6 Å². The fourth-order valence-corrected chi connectivity index (χ4v) is 3.61. The quantitative estimate of drug-likeness (QED) is 0.278. The SMILES string of the molecule is O=C1CCC(N2C(=O)c3cccc(NCCOSI)c3C2=O)C(=O)N1. The molecule has 4 amide bonds. The van der Waals surface area contributed by atoms with Crippen molar-refractivity contribution in [1.29, 1.82) is 0 Å². The van der Waals surface area contributed by atoms with Gasteiger partial charge in [-0.05, 0) is 18.6 Å². The monoisotopic (exact) mass is 475 g/mol. The molecule has 2 heterocycles. The molecule has 10 heteroatoms. The lowest BCUT2D eigenvalue weighted by Gasteiger charge is -2.27. The van der Waals surface area contributed by atoms with Gasteiger partial charge < -0.3 is 9.50 Å². The van der Waals surface area contributed by atoms with Gasteiger partial charge in [-0.1, -0.05) is 6.07 Å². The Morgan fingerprint density at radius 1 is 1.28 bits per heavy atom. The van der Waals surface area contributed by atoms with Gasteiger partial charge in [-0.2, -0.15) is 0 Å². The standard InChI is InChI=1S/C15H14IN3O5S/c16-25-24-7-6-17-9-3-1-2-8-12(9)15(23)19(14(8)22)10-4-5-11(20)18-13(10)21/h1-3,10,17H,4-7H2,(H,18,20,21). The average molecular weight is 475 g/mol. The summed E-state index contributed by atoms with van der Waals surface area (Å²) in [5.41, 5.74) is 1.02. The van der Waals surface area contributed by atoms with Crippen molar-refractivity contribution in [2.75, 3.05) is 18.5 Å². The fourth-order valence-electron chi connectivity index (χ4n) is 2.92. The van der Waals surface area contributed by atoms with E-state index < -0.39 is 29.7 Å². The summed E-state index contributed by atoms with van der Waals surface area (Å²) in [6.45, 7) is 0.891. The molecule has 0 saturated carbocycles. The van der Waals surface area contributed by atoms with E-state index in [-0.39, 0.29) is 24.0 Å². The lowest BCUT2D eigenvalue weighted by atomic mass is 10.0. The van der Waals surface area contributed by atoms with Gasteiger partial charge in [0, 0.05) is 39.9 Å². The lowest BCUT2D eigenvalue weighted by Crippen LogP contribution is -2.54. The fraction of sp³-hybridized carbons (Fsp3) is 0.333. The summed E-state index contributed by atoms with van der Waals surface area (Å²) in [6.07, 6.45) is 0.236. The number of benzene rings is 1. The van der Waals surface area contributed by atoms with Crippen molar-refractivity contribution in [3.8, 4) is 0 Å². The smallest absolute Gasteiger partial charge is 0.264 e.